The molecule has 2 aromatic carbocycles. The smallest absolute Gasteiger partial charge is 0.347 e. The Balaban J connectivity index is 2.18. The maximum atomic E-state index is 12.2. The standard InChI is InChI=1S/C16H11NO4S/c1-11(18)20-15-5-3-2-4-14(15)16(19)21-13-8-6-12(7-9-13)17-10-22/h2-9H,1H3. The van der Waals surface area contributed by atoms with Crippen LogP contribution in [0.3, 0.4) is 0 Å². The van der Waals surface area contributed by atoms with Gasteiger partial charge in [-0.3, -0.25) is 4.79 Å². The predicted octanol–water partition coefficient (Wildman–Crippen LogP) is 3.57. The van der Waals surface area contributed by atoms with E-state index >= 15 is 0 Å². The molecule has 5 nitrogen and oxygen atoms in total. The molecule has 0 radical (unpaired) electrons. The molecule has 0 N–H and O–H groups in total. The molecule has 0 aliphatic carbocycles. The summed E-state index contributed by atoms with van der Waals surface area (Å²) in [4.78, 5) is 27.0. The predicted molar refractivity (Wildman–Crippen MR) is 83.8 cm³/mol. The third kappa shape index (κ3) is 4.09. The minimum absolute atomic E-state index is 0.155. The van der Waals surface area contributed by atoms with Crippen molar-refractivity contribution in [1.82, 2.24) is 0 Å². The summed E-state index contributed by atoms with van der Waals surface area (Å²) in [6.45, 7) is 1.26. The van der Waals surface area contributed by atoms with Crippen LogP contribution in [0, 0.1) is 0 Å². The summed E-state index contributed by atoms with van der Waals surface area (Å²) < 4.78 is 10.2. The maximum absolute atomic E-state index is 12.2. The molecule has 0 saturated carbocycles. The molecule has 0 heterocycles. The van der Waals surface area contributed by atoms with E-state index in [4.69, 9.17) is 9.47 Å². The first kappa shape index (κ1) is 15.6. The van der Waals surface area contributed by atoms with Crippen molar-refractivity contribution in [2.75, 3.05) is 0 Å². The van der Waals surface area contributed by atoms with Crippen LogP contribution in [0.4, 0.5) is 5.69 Å². The molecule has 0 aliphatic heterocycles. The summed E-state index contributed by atoms with van der Waals surface area (Å²) in [6, 6.07) is 12.8. The van der Waals surface area contributed by atoms with Gasteiger partial charge < -0.3 is 9.47 Å². The Labute approximate surface area is 132 Å². The number of carbonyl (C=O) groups excluding carboxylic acids is 2. The van der Waals surface area contributed by atoms with Gasteiger partial charge in [0.15, 0.2) is 0 Å². The average Bonchev–Trinajstić information content (AvgIpc) is 2.49. The number of isothiocyanates is 1. The molecule has 0 amide bonds. The maximum Gasteiger partial charge on any atom is 0.347 e. The van der Waals surface area contributed by atoms with Crippen LogP contribution in [0.1, 0.15) is 17.3 Å². The second-order valence-electron chi connectivity index (χ2n) is 4.18. The van der Waals surface area contributed by atoms with E-state index in [1.54, 1.807) is 36.4 Å². The lowest BCUT2D eigenvalue weighted by Gasteiger charge is -2.08. The Kier molecular flexibility index (Phi) is 5.14. The third-order valence-electron chi connectivity index (χ3n) is 2.58. The van der Waals surface area contributed by atoms with Gasteiger partial charge >= 0.3 is 11.9 Å². The number of ether oxygens (including phenoxy) is 2. The highest BCUT2D eigenvalue weighted by atomic mass is 32.1. The monoisotopic (exact) mass is 313 g/mol. The normalized spacial score (nSPS) is 9.50. The van der Waals surface area contributed by atoms with Crippen LogP contribution in [0.2, 0.25) is 0 Å². The first-order chi connectivity index (χ1) is 10.6. The van der Waals surface area contributed by atoms with E-state index in [-0.39, 0.29) is 11.3 Å². The quantitative estimate of drug-likeness (QED) is 0.374. The molecule has 2 rings (SSSR count). The number of para-hydroxylation sites is 1. The second-order valence-corrected chi connectivity index (χ2v) is 4.36. The summed E-state index contributed by atoms with van der Waals surface area (Å²) in [5, 5.41) is 2.25. The van der Waals surface area contributed by atoms with E-state index < -0.39 is 11.9 Å². The van der Waals surface area contributed by atoms with Crippen LogP contribution in [-0.2, 0) is 4.79 Å². The van der Waals surface area contributed by atoms with Crippen molar-refractivity contribution in [2.45, 2.75) is 6.92 Å². The average molecular weight is 313 g/mol. The number of thiocarbonyl (C=S) groups is 1. The van der Waals surface area contributed by atoms with Gasteiger partial charge in [-0.25, -0.2) is 4.79 Å². The number of esters is 2. The first-order valence-corrected chi connectivity index (χ1v) is 6.68. The van der Waals surface area contributed by atoms with Gasteiger partial charge in [0, 0.05) is 6.92 Å². The van der Waals surface area contributed by atoms with Gasteiger partial charge in [-0.2, -0.15) is 4.99 Å². The van der Waals surface area contributed by atoms with E-state index in [1.165, 1.54) is 19.1 Å². The Morgan fingerprint density at radius 2 is 1.73 bits per heavy atom. The second kappa shape index (κ2) is 7.26. The Hall–Kier alpha value is -2.82. The molecule has 2 aromatic rings. The van der Waals surface area contributed by atoms with E-state index in [0.29, 0.717) is 11.4 Å². The van der Waals surface area contributed by atoms with Crippen LogP contribution in [0.15, 0.2) is 53.5 Å². The first-order valence-electron chi connectivity index (χ1n) is 6.27. The van der Waals surface area contributed by atoms with Crippen LogP contribution in [0.25, 0.3) is 0 Å². The Morgan fingerprint density at radius 3 is 2.36 bits per heavy atom. The van der Waals surface area contributed by atoms with Crippen molar-refractivity contribution in [3.63, 3.8) is 0 Å². The zero-order valence-corrected chi connectivity index (χ0v) is 12.4. The summed E-state index contributed by atoms with van der Waals surface area (Å²) in [6.07, 6.45) is 0. The van der Waals surface area contributed by atoms with Gasteiger partial charge in [0.2, 0.25) is 0 Å². The molecule has 0 unspecified atom stereocenters. The fraction of sp³-hybridized carbons (Fsp3) is 0.0625. The van der Waals surface area contributed by atoms with Crippen molar-refractivity contribution < 1.29 is 19.1 Å². The number of rotatable bonds is 4. The van der Waals surface area contributed by atoms with Gasteiger partial charge in [-0.15, -0.1) is 0 Å². The molecule has 0 bridgehead atoms. The van der Waals surface area contributed by atoms with Crippen LogP contribution < -0.4 is 9.47 Å². The molecule has 0 aliphatic rings. The number of carbonyl (C=O) groups is 2. The van der Waals surface area contributed by atoms with Crippen LogP contribution >= 0.6 is 12.2 Å². The van der Waals surface area contributed by atoms with E-state index in [2.05, 4.69) is 22.4 Å². The molecule has 0 aromatic heterocycles. The molecular formula is C16H11NO4S. The fourth-order valence-corrected chi connectivity index (χ4v) is 1.79. The fourth-order valence-electron chi connectivity index (χ4n) is 1.68. The van der Waals surface area contributed by atoms with E-state index in [0.717, 1.165) is 0 Å². The summed E-state index contributed by atoms with van der Waals surface area (Å²) >= 11 is 4.51. The molecule has 6 heteroatoms. The number of benzene rings is 2. The Bertz CT molecular complexity index is 749. The molecule has 110 valence electrons. The highest BCUT2D eigenvalue weighted by Gasteiger charge is 2.15. The van der Waals surface area contributed by atoms with Gasteiger partial charge in [-0.05, 0) is 48.6 Å². The topological polar surface area (TPSA) is 65.0 Å². The van der Waals surface area contributed by atoms with E-state index in [9.17, 15) is 9.59 Å². The molecule has 0 fully saturated rings. The highest BCUT2D eigenvalue weighted by Crippen LogP contribution is 2.22. The molecule has 0 saturated heterocycles. The molecule has 0 atom stereocenters. The molecule has 0 spiro atoms. The lowest BCUT2D eigenvalue weighted by molar-refractivity contribution is -0.131. The number of hydrogen-bond donors (Lipinski definition) is 0. The largest absolute Gasteiger partial charge is 0.426 e. The summed E-state index contributed by atoms with van der Waals surface area (Å²) in [7, 11) is 0. The van der Waals surface area contributed by atoms with E-state index in [1.807, 2.05) is 0 Å². The van der Waals surface area contributed by atoms with Crippen molar-refractivity contribution in [2.24, 2.45) is 4.99 Å². The van der Waals surface area contributed by atoms with Gasteiger partial charge in [0.05, 0.1) is 10.8 Å². The van der Waals surface area contributed by atoms with Crippen LogP contribution in [0.5, 0.6) is 11.5 Å². The molecular weight excluding hydrogens is 302 g/mol. The van der Waals surface area contributed by atoms with Gasteiger partial charge in [-0.1, -0.05) is 12.1 Å². The Morgan fingerprint density at radius 1 is 1.05 bits per heavy atom. The summed E-state index contributed by atoms with van der Waals surface area (Å²) in [5.74, 6) is -0.640. The van der Waals surface area contributed by atoms with Crippen molar-refractivity contribution >= 4 is 35.0 Å². The number of hydrogen-bond acceptors (Lipinski definition) is 6. The van der Waals surface area contributed by atoms with Crippen molar-refractivity contribution in [1.29, 1.82) is 0 Å². The highest BCUT2D eigenvalue weighted by molar-refractivity contribution is 7.78. The van der Waals surface area contributed by atoms with Gasteiger partial charge in [0.25, 0.3) is 0 Å². The number of nitrogens with zero attached hydrogens (tertiary/aromatic N) is 1. The SMILES string of the molecule is CC(=O)Oc1ccccc1C(=O)Oc1ccc(N=C=S)cc1. The lowest BCUT2D eigenvalue weighted by Crippen LogP contribution is -2.12. The van der Waals surface area contributed by atoms with Crippen molar-refractivity contribution in [3.05, 3.63) is 54.1 Å². The zero-order valence-electron chi connectivity index (χ0n) is 11.6. The number of aliphatic imine (C=N–C) groups is 1. The lowest BCUT2D eigenvalue weighted by atomic mass is 10.2. The van der Waals surface area contributed by atoms with Crippen LogP contribution in [-0.4, -0.2) is 17.1 Å². The minimum atomic E-state index is -0.622. The zero-order chi connectivity index (χ0) is 15.9. The minimum Gasteiger partial charge on any atom is -0.426 e. The summed E-state index contributed by atoms with van der Waals surface area (Å²) in [5.41, 5.74) is 0.772. The third-order valence-corrected chi connectivity index (χ3v) is 2.67. The molecule has 22 heavy (non-hydrogen) atoms. The van der Waals surface area contributed by atoms with Crippen molar-refractivity contribution in [3.8, 4) is 11.5 Å². The van der Waals surface area contributed by atoms with Gasteiger partial charge in [0.1, 0.15) is 17.1 Å².